The topological polar surface area (TPSA) is 80.7 Å². The van der Waals surface area contributed by atoms with Crippen molar-refractivity contribution in [2.75, 3.05) is 32.8 Å². The van der Waals surface area contributed by atoms with Gasteiger partial charge in [-0.05, 0) is 31.9 Å². The van der Waals surface area contributed by atoms with Gasteiger partial charge in [0.1, 0.15) is 11.5 Å². The fraction of sp³-hybridized carbons (Fsp3) is 0.706. The summed E-state index contributed by atoms with van der Waals surface area (Å²) in [5, 5.41) is 3.06. The Morgan fingerprint density at radius 2 is 2.04 bits per heavy atom. The smallest absolute Gasteiger partial charge is 0.240 e. The second-order valence-corrected chi connectivity index (χ2v) is 6.69. The number of carbonyl (C=O) groups is 1. The highest BCUT2D eigenvalue weighted by Crippen LogP contribution is 2.28. The molecule has 1 atom stereocenters. The molecule has 0 aromatic carbocycles. The molecule has 3 N–H and O–H groups in total. The fourth-order valence-electron chi connectivity index (χ4n) is 3.53. The lowest BCUT2D eigenvalue weighted by atomic mass is 9.98. The largest absolute Gasteiger partial charge is 0.465 e. The summed E-state index contributed by atoms with van der Waals surface area (Å²) in [6, 6.07) is 3.99. The van der Waals surface area contributed by atoms with Crippen LogP contribution < -0.4 is 11.1 Å². The molecule has 1 amide bonds. The van der Waals surface area contributed by atoms with Gasteiger partial charge in [-0.15, -0.1) is 0 Å². The normalized spacial score (nSPS) is 22.9. The van der Waals surface area contributed by atoms with Crippen molar-refractivity contribution in [3.05, 3.63) is 23.7 Å². The summed E-state index contributed by atoms with van der Waals surface area (Å²) in [6.45, 7) is 5.56. The molecule has 1 saturated heterocycles. The number of hydrogen-bond acceptors (Lipinski definition) is 5. The third-order valence-corrected chi connectivity index (χ3v) is 4.98. The standard InChI is InChI=1S/C17H27N3O3/c1-13-4-5-15(23-13)14(20-8-10-22-11-9-20)12-19-16(21)17(18)6-2-3-7-17/h4-5,14H,2-3,6-12,18H2,1H3,(H,19,21). The number of carbonyl (C=O) groups excluding carboxylic acids is 1. The minimum Gasteiger partial charge on any atom is -0.465 e. The average Bonchev–Trinajstić information content (AvgIpc) is 3.18. The molecule has 1 saturated carbocycles. The molecular weight excluding hydrogens is 294 g/mol. The van der Waals surface area contributed by atoms with Crippen LogP contribution in [0.25, 0.3) is 0 Å². The van der Waals surface area contributed by atoms with Crippen molar-refractivity contribution < 1.29 is 13.9 Å². The Morgan fingerprint density at radius 3 is 2.65 bits per heavy atom. The zero-order chi connectivity index (χ0) is 16.3. The third-order valence-electron chi connectivity index (χ3n) is 4.98. The lowest BCUT2D eigenvalue weighted by Gasteiger charge is -2.34. The van der Waals surface area contributed by atoms with E-state index in [0.717, 1.165) is 50.3 Å². The van der Waals surface area contributed by atoms with Crippen molar-refractivity contribution in [3.63, 3.8) is 0 Å². The van der Waals surface area contributed by atoms with Crippen LogP contribution in [-0.2, 0) is 9.53 Å². The molecule has 1 aliphatic carbocycles. The second kappa shape index (κ2) is 7.03. The van der Waals surface area contributed by atoms with Gasteiger partial charge in [-0.25, -0.2) is 0 Å². The summed E-state index contributed by atoms with van der Waals surface area (Å²) in [7, 11) is 0. The van der Waals surface area contributed by atoms with Crippen molar-refractivity contribution >= 4 is 5.91 Å². The predicted octanol–water partition coefficient (Wildman–Crippen LogP) is 1.35. The number of hydrogen-bond donors (Lipinski definition) is 2. The Kier molecular flexibility index (Phi) is 5.04. The van der Waals surface area contributed by atoms with E-state index in [9.17, 15) is 4.79 Å². The molecule has 1 aromatic heterocycles. The number of nitrogens with zero attached hydrogens (tertiary/aromatic N) is 1. The SMILES string of the molecule is Cc1ccc(C(CNC(=O)C2(N)CCCC2)N2CCOCC2)o1. The number of morpholine rings is 1. The van der Waals surface area contributed by atoms with E-state index in [4.69, 9.17) is 14.9 Å². The maximum absolute atomic E-state index is 12.5. The molecule has 6 nitrogen and oxygen atoms in total. The summed E-state index contributed by atoms with van der Waals surface area (Å²) in [6.07, 6.45) is 3.63. The maximum Gasteiger partial charge on any atom is 0.240 e. The minimum atomic E-state index is -0.686. The quantitative estimate of drug-likeness (QED) is 0.855. The van der Waals surface area contributed by atoms with E-state index in [1.165, 1.54) is 0 Å². The van der Waals surface area contributed by atoms with Crippen molar-refractivity contribution in [3.8, 4) is 0 Å². The summed E-state index contributed by atoms with van der Waals surface area (Å²) in [5.74, 6) is 1.74. The molecule has 23 heavy (non-hydrogen) atoms. The van der Waals surface area contributed by atoms with Gasteiger partial charge in [0.05, 0.1) is 24.8 Å². The van der Waals surface area contributed by atoms with Crippen molar-refractivity contribution in [1.29, 1.82) is 0 Å². The first-order valence-electron chi connectivity index (χ1n) is 8.54. The summed E-state index contributed by atoms with van der Waals surface area (Å²) in [5.41, 5.74) is 5.56. The molecule has 1 aromatic rings. The van der Waals surface area contributed by atoms with Crippen LogP contribution in [0.5, 0.6) is 0 Å². The minimum absolute atomic E-state index is 0.0292. The van der Waals surface area contributed by atoms with E-state index in [-0.39, 0.29) is 11.9 Å². The highest BCUT2D eigenvalue weighted by Gasteiger charge is 2.37. The number of nitrogens with one attached hydrogen (secondary N) is 1. The molecule has 1 aliphatic heterocycles. The van der Waals surface area contributed by atoms with E-state index in [2.05, 4.69) is 10.2 Å². The van der Waals surface area contributed by atoms with Gasteiger partial charge in [-0.2, -0.15) is 0 Å². The van der Waals surface area contributed by atoms with E-state index in [1.807, 2.05) is 19.1 Å². The predicted molar refractivity (Wildman–Crippen MR) is 87.0 cm³/mol. The van der Waals surface area contributed by atoms with Gasteiger partial charge in [0, 0.05) is 19.6 Å². The van der Waals surface area contributed by atoms with Crippen LogP contribution in [0.4, 0.5) is 0 Å². The zero-order valence-electron chi connectivity index (χ0n) is 13.8. The number of nitrogens with two attached hydrogens (primary N) is 1. The molecule has 2 aliphatic rings. The van der Waals surface area contributed by atoms with Gasteiger partial charge in [-0.1, -0.05) is 12.8 Å². The number of aryl methyl sites for hydroxylation is 1. The average molecular weight is 321 g/mol. The van der Waals surface area contributed by atoms with Gasteiger partial charge in [0.2, 0.25) is 5.91 Å². The monoisotopic (exact) mass is 321 g/mol. The second-order valence-electron chi connectivity index (χ2n) is 6.69. The number of rotatable bonds is 5. The lowest BCUT2D eigenvalue weighted by Crippen LogP contribution is -2.53. The van der Waals surface area contributed by atoms with Gasteiger partial charge < -0.3 is 20.2 Å². The molecule has 128 valence electrons. The first kappa shape index (κ1) is 16.5. The third kappa shape index (κ3) is 3.76. The summed E-state index contributed by atoms with van der Waals surface area (Å²) < 4.78 is 11.3. The van der Waals surface area contributed by atoms with Crippen molar-refractivity contribution in [2.45, 2.75) is 44.2 Å². The highest BCUT2D eigenvalue weighted by atomic mass is 16.5. The Bertz CT molecular complexity index is 531. The van der Waals surface area contributed by atoms with Gasteiger partial charge >= 0.3 is 0 Å². The van der Waals surface area contributed by atoms with Crippen LogP contribution in [0.1, 0.15) is 43.2 Å². The van der Waals surface area contributed by atoms with Crippen molar-refractivity contribution in [1.82, 2.24) is 10.2 Å². The van der Waals surface area contributed by atoms with Crippen LogP contribution >= 0.6 is 0 Å². The van der Waals surface area contributed by atoms with Crippen LogP contribution in [-0.4, -0.2) is 49.2 Å². The van der Waals surface area contributed by atoms with Crippen LogP contribution in [0, 0.1) is 6.92 Å². The molecule has 0 radical (unpaired) electrons. The van der Waals surface area contributed by atoms with Gasteiger partial charge in [0.25, 0.3) is 0 Å². The number of amides is 1. The van der Waals surface area contributed by atoms with E-state index < -0.39 is 5.54 Å². The van der Waals surface area contributed by atoms with Gasteiger partial charge in [-0.3, -0.25) is 9.69 Å². The first-order valence-corrected chi connectivity index (χ1v) is 8.54. The van der Waals surface area contributed by atoms with Crippen molar-refractivity contribution in [2.24, 2.45) is 5.73 Å². The number of ether oxygens (including phenoxy) is 1. The zero-order valence-corrected chi connectivity index (χ0v) is 13.8. The number of furan rings is 1. The molecule has 1 unspecified atom stereocenters. The fourth-order valence-corrected chi connectivity index (χ4v) is 3.53. The van der Waals surface area contributed by atoms with E-state index in [0.29, 0.717) is 19.8 Å². The molecular formula is C17H27N3O3. The maximum atomic E-state index is 12.5. The highest BCUT2D eigenvalue weighted by molar-refractivity contribution is 5.86. The summed E-state index contributed by atoms with van der Waals surface area (Å²) >= 11 is 0. The Hall–Kier alpha value is -1.37. The molecule has 2 heterocycles. The van der Waals surface area contributed by atoms with Gasteiger partial charge in [0.15, 0.2) is 0 Å². The Labute approximate surface area is 137 Å². The molecule has 3 rings (SSSR count). The Morgan fingerprint density at radius 1 is 1.35 bits per heavy atom. The molecule has 0 bridgehead atoms. The first-order chi connectivity index (χ1) is 11.1. The van der Waals surface area contributed by atoms with Crippen LogP contribution in [0.15, 0.2) is 16.5 Å². The van der Waals surface area contributed by atoms with Crippen LogP contribution in [0.3, 0.4) is 0 Å². The Balaban J connectivity index is 1.67. The summed E-state index contributed by atoms with van der Waals surface area (Å²) in [4.78, 5) is 14.8. The van der Waals surface area contributed by atoms with Crippen LogP contribution in [0.2, 0.25) is 0 Å². The molecule has 2 fully saturated rings. The lowest BCUT2D eigenvalue weighted by molar-refractivity contribution is -0.126. The molecule has 0 spiro atoms. The van der Waals surface area contributed by atoms with E-state index >= 15 is 0 Å². The van der Waals surface area contributed by atoms with E-state index in [1.54, 1.807) is 0 Å². The molecule has 6 heteroatoms.